The molecule has 0 amide bonds. The van der Waals surface area contributed by atoms with Gasteiger partial charge in [0, 0.05) is 50.4 Å². The van der Waals surface area contributed by atoms with Crippen LogP contribution in [0.2, 0.25) is 0 Å². The maximum Gasteiger partial charge on any atom is 0.387 e. The number of sulfonamides is 1. The van der Waals surface area contributed by atoms with Gasteiger partial charge in [-0.15, -0.1) is 0 Å². The third kappa shape index (κ3) is 5.05. The van der Waals surface area contributed by atoms with Gasteiger partial charge >= 0.3 is 6.61 Å². The average Bonchev–Trinajstić information content (AvgIpc) is 2.69. The number of para-hydroxylation sites is 1. The van der Waals surface area contributed by atoms with Crippen LogP contribution >= 0.6 is 0 Å². The van der Waals surface area contributed by atoms with E-state index in [4.69, 9.17) is 0 Å². The summed E-state index contributed by atoms with van der Waals surface area (Å²) in [7, 11) is -3.86. The zero-order valence-corrected chi connectivity index (χ0v) is 16.1. The number of benzene rings is 2. The highest BCUT2D eigenvalue weighted by molar-refractivity contribution is 7.89. The summed E-state index contributed by atoms with van der Waals surface area (Å²) in [5.41, 5.74) is 0.295. The fourth-order valence-corrected chi connectivity index (χ4v) is 4.58. The van der Waals surface area contributed by atoms with Crippen molar-refractivity contribution in [3.8, 4) is 5.75 Å². The first-order valence-electron chi connectivity index (χ1n) is 8.77. The Labute approximate surface area is 166 Å². The number of halogens is 2. The zero-order valence-electron chi connectivity index (χ0n) is 15.3. The molecule has 2 aromatic rings. The minimum absolute atomic E-state index is 0.0918. The molecule has 0 radical (unpaired) electrons. The minimum Gasteiger partial charge on any atom is -0.434 e. The van der Waals surface area contributed by atoms with Crippen LogP contribution in [0.4, 0.5) is 14.5 Å². The summed E-state index contributed by atoms with van der Waals surface area (Å²) in [5.74, 6) is 0.0918. The lowest BCUT2D eigenvalue weighted by Gasteiger charge is -2.34. The summed E-state index contributed by atoms with van der Waals surface area (Å²) in [6, 6.07) is 11.4. The first kappa shape index (κ1) is 21.1. The molecule has 1 fully saturated rings. The molecule has 3 rings (SSSR count). The van der Waals surface area contributed by atoms with E-state index in [1.807, 2.05) is 4.90 Å². The van der Waals surface area contributed by atoms with Crippen LogP contribution < -0.4 is 4.74 Å². The SMILES string of the molecule is O=[N+]([O-])c1cccc(S(=O)(=O)N2CCN(Cc3ccccc3OC(F)F)CC2)c1. The molecule has 0 aliphatic carbocycles. The standard InChI is InChI=1S/C18H19F2N3O5S/c19-18(20)28-17-7-2-1-4-14(17)13-21-8-10-22(11-9-21)29(26,27)16-6-3-5-15(12-16)23(24)25/h1-7,12,18H,8-11,13H2. The Bertz CT molecular complexity index is 979. The number of alkyl halides is 2. The fourth-order valence-electron chi connectivity index (χ4n) is 3.12. The van der Waals surface area contributed by atoms with Crippen molar-refractivity contribution in [2.45, 2.75) is 18.1 Å². The van der Waals surface area contributed by atoms with Gasteiger partial charge in [0.25, 0.3) is 5.69 Å². The fraction of sp³-hybridized carbons (Fsp3) is 0.333. The summed E-state index contributed by atoms with van der Waals surface area (Å²) < 4.78 is 56.5. The van der Waals surface area contributed by atoms with Crippen LogP contribution in [-0.4, -0.2) is 55.3 Å². The van der Waals surface area contributed by atoms with E-state index in [1.54, 1.807) is 18.2 Å². The largest absolute Gasteiger partial charge is 0.434 e. The van der Waals surface area contributed by atoms with Crippen LogP contribution in [0.3, 0.4) is 0 Å². The van der Waals surface area contributed by atoms with E-state index < -0.39 is 21.6 Å². The smallest absolute Gasteiger partial charge is 0.387 e. The van der Waals surface area contributed by atoms with Gasteiger partial charge in [0.2, 0.25) is 10.0 Å². The maximum absolute atomic E-state index is 12.8. The lowest BCUT2D eigenvalue weighted by Crippen LogP contribution is -2.48. The molecular formula is C18H19F2N3O5S. The molecule has 0 aromatic heterocycles. The molecule has 0 unspecified atom stereocenters. The van der Waals surface area contributed by atoms with Gasteiger partial charge in [-0.05, 0) is 12.1 Å². The Balaban J connectivity index is 1.66. The van der Waals surface area contributed by atoms with Crippen molar-refractivity contribution in [1.82, 2.24) is 9.21 Å². The van der Waals surface area contributed by atoms with Crippen molar-refractivity contribution in [2.75, 3.05) is 26.2 Å². The minimum atomic E-state index is -3.86. The molecule has 0 bridgehead atoms. The zero-order chi connectivity index (χ0) is 21.0. The first-order chi connectivity index (χ1) is 13.8. The third-order valence-electron chi connectivity index (χ3n) is 4.58. The molecule has 1 heterocycles. The monoisotopic (exact) mass is 427 g/mol. The molecule has 0 spiro atoms. The van der Waals surface area contributed by atoms with Gasteiger partial charge in [-0.2, -0.15) is 13.1 Å². The summed E-state index contributed by atoms with van der Waals surface area (Å²) in [4.78, 5) is 12.1. The van der Waals surface area contributed by atoms with Gasteiger partial charge in [0.1, 0.15) is 5.75 Å². The molecule has 156 valence electrons. The maximum atomic E-state index is 12.8. The summed E-state index contributed by atoms with van der Waals surface area (Å²) in [5, 5.41) is 10.9. The average molecular weight is 427 g/mol. The molecule has 0 atom stereocenters. The second kappa shape index (κ2) is 8.80. The molecule has 29 heavy (non-hydrogen) atoms. The molecule has 1 saturated heterocycles. The highest BCUT2D eigenvalue weighted by Gasteiger charge is 2.29. The van der Waals surface area contributed by atoms with Crippen molar-refractivity contribution in [3.05, 3.63) is 64.2 Å². The number of hydrogen-bond donors (Lipinski definition) is 0. The van der Waals surface area contributed by atoms with E-state index in [0.29, 0.717) is 25.2 Å². The van der Waals surface area contributed by atoms with Crippen molar-refractivity contribution >= 4 is 15.7 Å². The van der Waals surface area contributed by atoms with Gasteiger partial charge in [-0.3, -0.25) is 15.0 Å². The second-order valence-electron chi connectivity index (χ2n) is 6.42. The van der Waals surface area contributed by atoms with Gasteiger partial charge in [-0.25, -0.2) is 8.42 Å². The molecule has 8 nitrogen and oxygen atoms in total. The Hall–Kier alpha value is -2.63. The number of rotatable bonds is 7. The molecule has 0 saturated carbocycles. The molecule has 1 aliphatic rings. The van der Waals surface area contributed by atoms with Gasteiger partial charge < -0.3 is 4.74 Å². The van der Waals surface area contributed by atoms with E-state index in [-0.39, 0.29) is 29.4 Å². The lowest BCUT2D eigenvalue weighted by atomic mass is 10.2. The molecular weight excluding hydrogens is 408 g/mol. The Morgan fingerprint density at radius 2 is 1.76 bits per heavy atom. The van der Waals surface area contributed by atoms with Gasteiger partial charge in [-0.1, -0.05) is 24.3 Å². The number of nitro groups is 1. The number of ether oxygens (including phenoxy) is 1. The second-order valence-corrected chi connectivity index (χ2v) is 8.36. The molecule has 11 heteroatoms. The number of hydrogen-bond acceptors (Lipinski definition) is 6. The highest BCUT2D eigenvalue weighted by Crippen LogP contribution is 2.25. The third-order valence-corrected chi connectivity index (χ3v) is 6.47. The summed E-state index contributed by atoms with van der Waals surface area (Å²) in [6.07, 6.45) is 0. The summed E-state index contributed by atoms with van der Waals surface area (Å²) >= 11 is 0. The van der Waals surface area contributed by atoms with E-state index in [2.05, 4.69) is 4.74 Å². The van der Waals surface area contributed by atoms with Crippen LogP contribution in [0.15, 0.2) is 53.4 Å². The Kier molecular flexibility index (Phi) is 6.40. The number of piperazine rings is 1. The quantitative estimate of drug-likeness (QED) is 0.498. The number of nitro benzene ring substituents is 1. The van der Waals surface area contributed by atoms with E-state index in [1.165, 1.54) is 28.6 Å². The van der Waals surface area contributed by atoms with Crippen molar-refractivity contribution < 1.29 is 26.9 Å². The van der Waals surface area contributed by atoms with Crippen molar-refractivity contribution in [2.24, 2.45) is 0 Å². The van der Waals surface area contributed by atoms with Crippen molar-refractivity contribution in [1.29, 1.82) is 0 Å². The number of nitrogens with zero attached hydrogens (tertiary/aromatic N) is 3. The predicted molar refractivity (Wildman–Crippen MR) is 100 cm³/mol. The van der Waals surface area contributed by atoms with Gasteiger partial charge in [0.05, 0.1) is 9.82 Å². The van der Waals surface area contributed by atoms with Crippen LogP contribution in [0.1, 0.15) is 5.56 Å². The van der Waals surface area contributed by atoms with Crippen LogP contribution in [0, 0.1) is 10.1 Å². The normalized spacial score (nSPS) is 16.1. The molecule has 1 aliphatic heterocycles. The van der Waals surface area contributed by atoms with Crippen LogP contribution in [0.25, 0.3) is 0 Å². The van der Waals surface area contributed by atoms with E-state index >= 15 is 0 Å². The number of non-ortho nitro benzene ring substituents is 1. The Morgan fingerprint density at radius 3 is 2.41 bits per heavy atom. The predicted octanol–water partition coefficient (Wildman–Crippen LogP) is 2.70. The first-order valence-corrected chi connectivity index (χ1v) is 10.2. The molecule has 2 aromatic carbocycles. The highest BCUT2D eigenvalue weighted by atomic mass is 32.2. The van der Waals surface area contributed by atoms with Gasteiger partial charge in [0.15, 0.2) is 0 Å². The van der Waals surface area contributed by atoms with E-state index in [0.717, 1.165) is 6.07 Å². The van der Waals surface area contributed by atoms with Crippen molar-refractivity contribution in [3.63, 3.8) is 0 Å². The van der Waals surface area contributed by atoms with E-state index in [9.17, 15) is 27.3 Å². The Morgan fingerprint density at radius 1 is 1.07 bits per heavy atom. The summed E-state index contributed by atoms with van der Waals surface area (Å²) in [6.45, 7) is -1.44. The topological polar surface area (TPSA) is 93.0 Å². The lowest BCUT2D eigenvalue weighted by molar-refractivity contribution is -0.385. The van der Waals surface area contributed by atoms with Crippen LogP contribution in [0.5, 0.6) is 5.75 Å². The van der Waals surface area contributed by atoms with Crippen LogP contribution in [-0.2, 0) is 16.6 Å². The molecule has 0 N–H and O–H groups in total.